The third-order valence-corrected chi connectivity index (χ3v) is 3.02. The van der Waals surface area contributed by atoms with Crippen LogP contribution in [0.4, 0.5) is 5.69 Å². The van der Waals surface area contributed by atoms with Gasteiger partial charge in [0, 0.05) is 9.50 Å². The average Bonchev–Trinajstić information content (AvgIpc) is 2.22. The Labute approximate surface area is 108 Å². The van der Waals surface area contributed by atoms with E-state index in [4.69, 9.17) is 17.3 Å². The fraction of sp³-hybridized carbons (Fsp3) is 0.364. The van der Waals surface area contributed by atoms with Crippen molar-refractivity contribution in [3.8, 4) is 0 Å². The van der Waals surface area contributed by atoms with Gasteiger partial charge in [0.1, 0.15) is 0 Å². The van der Waals surface area contributed by atoms with Crippen LogP contribution in [-0.2, 0) is 4.79 Å². The number of carbonyl (C=O) groups excluding carboxylic acids is 1. The molecule has 0 bridgehead atoms. The number of nitrogens with one attached hydrogen (secondary N) is 1. The Hall–Kier alpha value is -0.580. The summed E-state index contributed by atoms with van der Waals surface area (Å²) in [6.07, 6.45) is 1.56. The second-order valence-corrected chi connectivity index (χ2v) is 4.80. The summed E-state index contributed by atoms with van der Waals surface area (Å²) in [6.45, 7) is 1.99. The predicted molar refractivity (Wildman–Crippen MR) is 70.7 cm³/mol. The van der Waals surface area contributed by atoms with E-state index in [2.05, 4.69) is 21.2 Å². The van der Waals surface area contributed by atoms with Gasteiger partial charge in [0.15, 0.2) is 0 Å². The van der Waals surface area contributed by atoms with E-state index in [9.17, 15) is 4.79 Å². The molecule has 0 aliphatic rings. The van der Waals surface area contributed by atoms with E-state index in [0.29, 0.717) is 17.1 Å². The van der Waals surface area contributed by atoms with Gasteiger partial charge in [-0.05, 0) is 40.5 Å². The number of hydrogen-bond acceptors (Lipinski definition) is 2. The van der Waals surface area contributed by atoms with Crippen LogP contribution < -0.4 is 11.1 Å². The Morgan fingerprint density at radius 2 is 2.31 bits per heavy atom. The number of anilines is 1. The van der Waals surface area contributed by atoms with E-state index in [1.54, 1.807) is 18.2 Å². The summed E-state index contributed by atoms with van der Waals surface area (Å²) < 4.78 is 0.747. The number of rotatable bonds is 4. The molecule has 1 atom stereocenters. The van der Waals surface area contributed by atoms with Gasteiger partial charge in [-0.15, -0.1) is 0 Å². The first-order valence-corrected chi connectivity index (χ1v) is 6.23. The Morgan fingerprint density at radius 1 is 1.62 bits per heavy atom. The van der Waals surface area contributed by atoms with Crippen LogP contribution in [0.15, 0.2) is 22.7 Å². The maximum atomic E-state index is 11.6. The Balaban J connectivity index is 2.69. The van der Waals surface area contributed by atoms with Gasteiger partial charge >= 0.3 is 0 Å². The zero-order chi connectivity index (χ0) is 12.1. The largest absolute Gasteiger partial charge is 0.324 e. The molecule has 3 nitrogen and oxygen atoms in total. The maximum Gasteiger partial charge on any atom is 0.241 e. The molecule has 5 heteroatoms. The van der Waals surface area contributed by atoms with Crippen LogP contribution in [0.1, 0.15) is 19.8 Å². The summed E-state index contributed by atoms with van der Waals surface area (Å²) in [5, 5.41) is 3.37. The van der Waals surface area contributed by atoms with Crippen LogP contribution in [-0.4, -0.2) is 11.9 Å². The highest BCUT2D eigenvalue weighted by molar-refractivity contribution is 9.10. The van der Waals surface area contributed by atoms with E-state index in [-0.39, 0.29) is 5.91 Å². The number of benzene rings is 1. The lowest BCUT2D eigenvalue weighted by Gasteiger charge is -2.12. The van der Waals surface area contributed by atoms with Gasteiger partial charge in [-0.1, -0.05) is 24.9 Å². The molecule has 0 unspecified atom stereocenters. The number of hydrogen-bond donors (Lipinski definition) is 2. The fourth-order valence-corrected chi connectivity index (χ4v) is 2.04. The molecular weight excluding hydrogens is 291 g/mol. The highest BCUT2D eigenvalue weighted by Gasteiger charge is 2.13. The lowest BCUT2D eigenvalue weighted by Crippen LogP contribution is -2.35. The van der Waals surface area contributed by atoms with Crippen molar-refractivity contribution in [3.63, 3.8) is 0 Å². The molecule has 1 amide bonds. The quantitative estimate of drug-likeness (QED) is 0.897. The first-order chi connectivity index (χ1) is 7.54. The summed E-state index contributed by atoms with van der Waals surface area (Å²) in [7, 11) is 0. The molecule has 1 aromatic rings. The number of carbonyl (C=O) groups is 1. The van der Waals surface area contributed by atoms with Crippen LogP contribution in [0, 0.1) is 0 Å². The van der Waals surface area contributed by atoms with Gasteiger partial charge in [0.05, 0.1) is 11.7 Å². The molecule has 1 rings (SSSR count). The van der Waals surface area contributed by atoms with Gasteiger partial charge < -0.3 is 11.1 Å². The van der Waals surface area contributed by atoms with E-state index < -0.39 is 6.04 Å². The fourth-order valence-electron chi connectivity index (χ4n) is 1.26. The molecule has 0 heterocycles. The van der Waals surface area contributed by atoms with Gasteiger partial charge in [-0.25, -0.2) is 0 Å². The minimum Gasteiger partial charge on any atom is -0.324 e. The number of amides is 1. The van der Waals surface area contributed by atoms with E-state index >= 15 is 0 Å². The Morgan fingerprint density at radius 3 is 2.88 bits per heavy atom. The minimum atomic E-state index is -0.465. The van der Waals surface area contributed by atoms with E-state index in [1.807, 2.05) is 6.92 Å². The molecule has 0 fully saturated rings. The first kappa shape index (κ1) is 13.5. The molecule has 16 heavy (non-hydrogen) atoms. The molecular formula is C11H14BrClN2O. The first-order valence-electron chi connectivity index (χ1n) is 5.06. The predicted octanol–water partition coefficient (Wildman–Crippen LogP) is 3.17. The molecule has 0 aliphatic heterocycles. The SMILES string of the molecule is CCC[C@@H](N)C(=O)Nc1ccc(Cl)cc1Br. The molecule has 0 aliphatic carbocycles. The topological polar surface area (TPSA) is 55.1 Å². The Kier molecular flexibility index (Phi) is 5.25. The van der Waals surface area contributed by atoms with Crippen molar-refractivity contribution in [3.05, 3.63) is 27.7 Å². The molecule has 88 valence electrons. The molecule has 0 aromatic heterocycles. The standard InChI is InChI=1S/C11H14BrClN2O/c1-2-3-9(14)11(16)15-10-5-4-7(13)6-8(10)12/h4-6,9H,2-3,14H2,1H3,(H,15,16)/t9-/m1/s1. The van der Waals surface area contributed by atoms with Crippen molar-refractivity contribution in [2.75, 3.05) is 5.32 Å². The van der Waals surface area contributed by atoms with Gasteiger partial charge in [0.25, 0.3) is 0 Å². The van der Waals surface area contributed by atoms with Crippen molar-refractivity contribution in [1.82, 2.24) is 0 Å². The summed E-state index contributed by atoms with van der Waals surface area (Å²) in [5.74, 6) is -0.176. The molecule has 3 N–H and O–H groups in total. The summed E-state index contributed by atoms with van der Waals surface area (Å²) in [5.41, 5.74) is 6.38. The lowest BCUT2D eigenvalue weighted by atomic mass is 10.1. The van der Waals surface area contributed by atoms with Crippen molar-refractivity contribution in [2.24, 2.45) is 5.73 Å². The second kappa shape index (κ2) is 6.23. The normalized spacial score (nSPS) is 12.2. The number of halogens is 2. The number of nitrogens with two attached hydrogens (primary N) is 1. The zero-order valence-electron chi connectivity index (χ0n) is 8.97. The van der Waals surface area contributed by atoms with Crippen LogP contribution in [0.25, 0.3) is 0 Å². The van der Waals surface area contributed by atoms with E-state index in [1.165, 1.54) is 0 Å². The van der Waals surface area contributed by atoms with Gasteiger partial charge in [-0.2, -0.15) is 0 Å². The summed E-state index contributed by atoms with van der Waals surface area (Å²) in [4.78, 5) is 11.6. The van der Waals surface area contributed by atoms with E-state index in [0.717, 1.165) is 10.9 Å². The van der Waals surface area contributed by atoms with Crippen molar-refractivity contribution in [1.29, 1.82) is 0 Å². The van der Waals surface area contributed by atoms with Crippen LogP contribution >= 0.6 is 27.5 Å². The molecule has 0 spiro atoms. The van der Waals surface area contributed by atoms with Crippen molar-refractivity contribution >= 4 is 39.1 Å². The lowest BCUT2D eigenvalue weighted by molar-refractivity contribution is -0.117. The Bertz CT molecular complexity index is 384. The highest BCUT2D eigenvalue weighted by Crippen LogP contribution is 2.25. The zero-order valence-corrected chi connectivity index (χ0v) is 11.3. The third kappa shape index (κ3) is 3.77. The average molecular weight is 306 g/mol. The maximum absolute atomic E-state index is 11.6. The summed E-state index contributed by atoms with van der Waals surface area (Å²) in [6, 6.07) is 4.71. The monoisotopic (exact) mass is 304 g/mol. The van der Waals surface area contributed by atoms with Crippen LogP contribution in [0.3, 0.4) is 0 Å². The van der Waals surface area contributed by atoms with Crippen LogP contribution in [0.2, 0.25) is 5.02 Å². The molecule has 0 saturated carbocycles. The minimum absolute atomic E-state index is 0.176. The van der Waals surface area contributed by atoms with Crippen LogP contribution in [0.5, 0.6) is 0 Å². The van der Waals surface area contributed by atoms with Gasteiger partial charge in [0.2, 0.25) is 5.91 Å². The second-order valence-electron chi connectivity index (χ2n) is 3.51. The summed E-state index contributed by atoms with van der Waals surface area (Å²) >= 11 is 9.12. The van der Waals surface area contributed by atoms with Crippen molar-refractivity contribution < 1.29 is 4.79 Å². The van der Waals surface area contributed by atoms with Gasteiger partial charge in [-0.3, -0.25) is 4.79 Å². The third-order valence-electron chi connectivity index (χ3n) is 2.13. The highest BCUT2D eigenvalue weighted by atomic mass is 79.9. The molecule has 0 radical (unpaired) electrons. The smallest absolute Gasteiger partial charge is 0.241 e. The molecule has 0 saturated heterocycles. The molecule has 1 aromatic carbocycles. The van der Waals surface area contributed by atoms with Crippen molar-refractivity contribution in [2.45, 2.75) is 25.8 Å².